The number of thioether (sulfide) groups is 1. The fourth-order valence-corrected chi connectivity index (χ4v) is 3.61. The van der Waals surface area contributed by atoms with Crippen LogP contribution in [0, 0.1) is 0 Å². The number of carbonyl (C=O) groups is 1. The zero-order valence-electron chi connectivity index (χ0n) is 15.3. The highest BCUT2D eigenvalue weighted by molar-refractivity contribution is 7.99. The topological polar surface area (TPSA) is 69.0 Å². The summed E-state index contributed by atoms with van der Waals surface area (Å²) in [6, 6.07) is 15.6. The molecule has 0 spiro atoms. The molecule has 6 nitrogen and oxygen atoms in total. The SMILES string of the molecule is O=C(CSc1nnc(C2CC2)n1-c1ccccc1)Nc1ccc(OC(F)F)cc1. The highest BCUT2D eigenvalue weighted by Gasteiger charge is 2.31. The molecule has 1 fully saturated rings. The van der Waals surface area contributed by atoms with Crippen LogP contribution in [0.2, 0.25) is 0 Å². The second-order valence-corrected chi connectivity index (χ2v) is 7.47. The number of alkyl halides is 2. The van der Waals surface area contributed by atoms with E-state index < -0.39 is 6.61 Å². The van der Waals surface area contributed by atoms with E-state index >= 15 is 0 Å². The van der Waals surface area contributed by atoms with Crippen molar-refractivity contribution in [2.75, 3.05) is 11.1 Å². The van der Waals surface area contributed by atoms with Crippen LogP contribution >= 0.6 is 11.8 Å². The van der Waals surface area contributed by atoms with Crippen molar-refractivity contribution < 1.29 is 18.3 Å². The molecule has 1 saturated carbocycles. The van der Waals surface area contributed by atoms with Crippen molar-refractivity contribution in [2.24, 2.45) is 0 Å². The van der Waals surface area contributed by atoms with Crippen molar-refractivity contribution in [1.82, 2.24) is 14.8 Å². The lowest BCUT2D eigenvalue weighted by Crippen LogP contribution is -2.14. The molecule has 3 aromatic rings. The predicted octanol–water partition coefficient (Wildman–Crippen LogP) is 4.48. The average molecular weight is 416 g/mol. The van der Waals surface area contributed by atoms with Gasteiger partial charge >= 0.3 is 6.61 Å². The van der Waals surface area contributed by atoms with E-state index in [1.807, 2.05) is 34.9 Å². The molecule has 1 amide bonds. The normalized spacial score (nSPS) is 13.5. The van der Waals surface area contributed by atoms with E-state index in [4.69, 9.17) is 0 Å². The van der Waals surface area contributed by atoms with Gasteiger partial charge in [-0.2, -0.15) is 8.78 Å². The summed E-state index contributed by atoms with van der Waals surface area (Å²) in [5.74, 6) is 1.29. The van der Waals surface area contributed by atoms with Gasteiger partial charge in [-0.05, 0) is 49.2 Å². The van der Waals surface area contributed by atoms with Gasteiger partial charge in [-0.1, -0.05) is 30.0 Å². The lowest BCUT2D eigenvalue weighted by molar-refractivity contribution is -0.113. The molecule has 1 aliphatic carbocycles. The van der Waals surface area contributed by atoms with E-state index in [2.05, 4.69) is 20.3 Å². The van der Waals surface area contributed by atoms with Gasteiger partial charge in [0.2, 0.25) is 5.91 Å². The van der Waals surface area contributed by atoms with Crippen molar-refractivity contribution in [3.63, 3.8) is 0 Å². The van der Waals surface area contributed by atoms with Crippen LogP contribution in [0.15, 0.2) is 59.8 Å². The van der Waals surface area contributed by atoms with Crippen LogP contribution in [0.1, 0.15) is 24.6 Å². The Morgan fingerprint density at radius 2 is 1.86 bits per heavy atom. The molecule has 0 saturated heterocycles. The Bertz CT molecular complexity index is 976. The van der Waals surface area contributed by atoms with Gasteiger partial charge in [0.05, 0.1) is 5.75 Å². The number of carbonyl (C=O) groups excluding carboxylic acids is 1. The van der Waals surface area contributed by atoms with Crippen molar-refractivity contribution in [3.8, 4) is 11.4 Å². The molecule has 0 bridgehead atoms. The van der Waals surface area contributed by atoms with Crippen LogP contribution in [0.3, 0.4) is 0 Å². The summed E-state index contributed by atoms with van der Waals surface area (Å²) in [6.07, 6.45) is 2.20. The van der Waals surface area contributed by atoms with Crippen LogP contribution in [0.5, 0.6) is 5.75 Å². The second kappa shape index (κ2) is 8.60. The van der Waals surface area contributed by atoms with Gasteiger partial charge in [-0.3, -0.25) is 9.36 Å². The maximum absolute atomic E-state index is 12.3. The molecule has 0 unspecified atom stereocenters. The van der Waals surface area contributed by atoms with Crippen molar-refractivity contribution in [3.05, 3.63) is 60.4 Å². The Hall–Kier alpha value is -2.94. The van der Waals surface area contributed by atoms with Gasteiger partial charge in [-0.25, -0.2) is 0 Å². The van der Waals surface area contributed by atoms with E-state index in [1.165, 1.54) is 36.0 Å². The summed E-state index contributed by atoms with van der Waals surface area (Å²) < 4.78 is 30.7. The molecular formula is C20H18F2N4O2S. The molecule has 1 aliphatic rings. The van der Waals surface area contributed by atoms with Crippen LogP contribution in [-0.4, -0.2) is 33.0 Å². The Morgan fingerprint density at radius 3 is 2.52 bits per heavy atom. The van der Waals surface area contributed by atoms with Gasteiger partial charge in [0.1, 0.15) is 11.6 Å². The highest BCUT2D eigenvalue weighted by atomic mass is 32.2. The first kappa shape index (κ1) is 19.4. The quantitative estimate of drug-likeness (QED) is 0.549. The number of nitrogens with one attached hydrogen (secondary N) is 1. The molecule has 1 N–H and O–H groups in total. The van der Waals surface area contributed by atoms with Crippen LogP contribution in [-0.2, 0) is 4.79 Å². The van der Waals surface area contributed by atoms with Gasteiger partial charge in [-0.15, -0.1) is 10.2 Å². The molecule has 1 aromatic heterocycles. The monoisotopic (exact) mass is 416 g/mol. The molecule has 150 valence electrons. The number of aromatic nitrogens is 3. The van der Waals surface area contributed by atoms with Gasteiger partial charge in [0.25, 0.3) is 0 Å². The average Bonchev–Trinajstić information content (AvgIpc) is 3.47. The van der Waals surface area contributed by atoms with Gasteiger partial charge < -0.3 is 10.1 Å². The summed E-state index contributed by atoms with van der Waals surface area (Å²) >= 11 is 1.30. The third-order valence-electron chi connectivity index (χ3n) is 4.31. The van der Waals surface area contributed by atoms with Crippen LogP contribution in [0.4, 0.5) is 14.5 Å². The number of halogens is 2. The first-order chi connectivity index (χ1) is 14.1. The number of hydrogen-bond donors (Lipinski definition) is 1. The molecule has 0 aliphatic heterocycles. The highest BCUT2D eigenvalue weighted by Crippen LogP contribution is 2.41. The standard InChI is InChI=1S/C20H18F2N4O2S/c21-19(22)28-16-10-8-14(9-11-16)23-17(27)12-29-20-25-24-18(13-6-7-13)26(20)15-4-2-1-3-5-15/h1-5,8-11,13,19H,6-7,12H2,(H,23,27). The summed E-state index contributed by atoms with van der Waals surface area (Å²) in [7, 11) is 0. The number of hydrogen-bond acceptors (Lipinski definition) is 5. The summed E-state index contributed by atoms with van der Waals surface area (Å²) in [4.78, 5) is 12.3. The fourth-order valence-electron chi connectivity index (χ4n) is 2.85. The first-order valence-electron chi connectivity index (χ1n) is 9.08. The Labute approximate surface area is 170 Å². The van der Waals surface area contributed by atoms with Gasteiger partial charge in [0.15, 0.2) is 5.16 Å². The summed E-state index contributed by atoms with van der Waals surface area (Å²) in [6.45, 7) is -2.88. The Balaban J connectivity index is 1.41. The van der Waals surface area contributed by atoms with E-state index in [9.17, 15) is 13.6 Å². The van der Waals surface area contributed by atoms with Crippen molar-refractivity contribution in [1.29, 1.82) is 0 Å². The summed E-state index contributed by atoms with van der Waals surface area (Å²) in [5, 5.41) is 12.0. The van der Waals surface area contributed by atoms with E-state index in [-0.39, 0.29) is 17.4 Å². The van der Waals surface area contributed by atoms with Gasteiger partial charge in [0, 0.05) is 17.3 Å². The number of ether oxygens (including phenoxy) is 1. The van der Waals surface area contributed by atoms with Crippen LogP contribution in [0.25, 0.3) is 5.69 Å². The smallest absolute Gasteiger partial charge is 0.387 e. The molecule has 0 radical (unpaired) electrons. The van der Waals surface area contributed by atoms with E-state index in [0.29, 0.717) is 16.8 Å². The third kappa shape index (κ3) is 4.92. The molecule has 1 heterocycles. The molecule has 0 atom stereocenters. The number of amides is 1. The van der Waals surface area contributed by atoms with Crippen LogP contribution < -0.4 is 10.1 Å². The maximum atomic E-state index is 12.3. The first-order valence-corrected chi connectivity index (χ1v) is 10.1. The minimum atomic E-state index is -2.88. The van der Waals surface area contributed by atoms with E-state index in [1.54, 1.807) is 0 Å². The zero-order valence-corrected chi connectivity index (χ0v) is 16.1. The lowest BCUT2D eigenvalue weighted by atomic mass is 10.3. The van der Waals surface area contributed by atoms with Crippen molar-refractivity contribution in [2.45, 2.75) is 30.5 Å². The Kier molecular flexibility index (Phi) is 5.75. The number of anilines is 1. The number of para-hydroxylation sites is 1. The van der Waals surface area contributed by atoms with Crippen molar-refractivity contribution >= 4 is 23.4 Å². The predicted molar refractivity (Wildman–Crippen MR) is 106 cm³/mol. The number of rotatable bonds is 8. The minimum Gasteiger partial charge on any atom is -0.435 e. The molecule has 29 heavy (non-hydrogen) atoms. The fraction of sp³-hybridized carbons (Fsp3) is 0.250. The number of nitrogens with zero attached hydrogens (tertiary/aromatic N) is 3. The second-order valence-electron chi connectivity index (χ2n) is 6.53. The van der Waals surface area contributed by atoms with E-state index in [0.717, 1.165) is 24.4 Å². The third-order valence-corrected chi connectivity index (χ3v) is 5.24. The maximum Gasteiger partial charge on any atom is 0.387 e. The summed E-state index contributed by atoms with van der Waals surface area (Å²) in [5.41, 5.74) is 1.47. The largest absolute Gasteiger partial charge is 0.435 e. The minimum absolute atomic E-state index is 0.0379. The molecule has 2 aromatic carbocycles. The lowest BCUT2D eigenvalue weighted by Gasteiger charge is -2.10. The molecule has 9 heteroatoms. The Morgan fingerprint density at radius 1 is 1.14 bits per heavy atom. The number of benzene rings is 2. The molecule has 4 rings (SSSR count). The molecular weight excluding hydrogens is 398 g/mol. The zero-order chi connectivity index (χ0) is 20.2.